The van der Waals surface area contributed by atoms with Gasteiger partial charge in [0.2, 0.25) is 0 Å². The predicted molar refractivity (Wildman–Crippen MR) is 126 cm³/mol. The van der Waals surface area contributed by atoms with Gasteiger partial charge < -0.3 is 4.42 Å². The molecule has 0 saturated carbocycles. The summed E-state index contributed by atoms with van der Waals surface area (Å²) in [4.78, 5) is 26.8. The van der Waals surface area contributed by atoms with Crippen molar-refractivity contribution in [2.45, 2.75) is 20.0 Å². The van der Waals surface area contributed by atoms with E-state index in [1.165, 1.54) is 29.2 Å². The van der Waals surface area contributed by atoms with Gasteiger partial charge in [0.25, 0.3) is 11.8 Å². The van der Waals surface area contributed by atoms with E-state index >= 15 is 0 Å². The molecule has 0 bridgehead atoms. The van der Waals surface area contributed by atoms with Crippen molar-refractivity contribution < 1.29 is 27.2 Å². The topological polar surface area (TPSA) is 62.6 Å². The molecule has 4 rings (SSSR count). The smallest absolute Gasteiger partial charge is 0.417 e. The number of nitrogens with one attached hydrogen (secondary N) is 1. The minimum atomic E-state index is -4.63. The normalized spacial score (nSPS) is 15.8. The zero-order chi connectivity index (χ0) is 24.8. The molecule has 1 saturated heterocycles. The van der Waals surface area contributed by atoms with Crippen LogP contribution in [-0.4, -0.2) is 16.9 Å². The average Bonchev–Trinajstić information content (AvgIpc) is 3.22. The molecule has 1 aliphatic heterocycles. The summed E-state index contributed by atoms with van der Waals surface area (Å²) in [6.45, 7) is 3.81. The number of halogens is 4. The largest absolute Gasteiger partial charge is 0.457 e. The van der Waals surface area contributed by atoms with E-state index in [1.807, 2.05) is 19.9 Å². The van der Waals surface area contributed by atoms with Crippen LogP contribution < -0.4 is 10.2 Å². The second kappa shape index (κ2) is 8.73. The van der Waals surface area contributed by atoms with E-state index in [0.717, 1.165) is 23.3 Å². The maximum atomic E-state index is 13.2. The maximum Gasteiger partial charge on any atom is 0.417 e. The van der Waals surface area contributed by atoms with E-state index in [1.54, 1.807) is 12.1 Å². The lowest BCUT2D eigenvalue weighted by Crippen LogP contribution is -2.54. The SMILES string of the molecule is Cc1ccc(N2C(=O)C(=Cc3ccc(-c4ccc(Cl)c(C(F)(F)F)c4)o3)C(=O)NC2=S)cc1C. The number of hydrogen-bond donors (Lipinski definition) is 1. The van der Waals surface area contributed by atoms with Crippen molar-refractivity contribution in [1.29, 1.82) is 0 Å². The van der Waals surface area contributed by atoms with E-state index in [9.17, 15) is 22.8 Å². The third-order valence-electron chi connectivity index (χ3n) is 5.32. The Labute approximate surface area is 202 Å². The molecule has 2 aromatic carbocycles. The number of carbonyl (C=O) groups is 2. The molecule has 3 aromatic rings. The van der Waals surface area contributed by atoms with Crippen molar-refractivity contribution in [3.63, 3.8) is 0 Å². The molecule has 1 aliphatic rings. The lowest BCUT2D eigenvalue weighted by Gasteiger charge is -2.29. The highest BCUT2D eigenvalue weighted by molar-refractivity contribution is 7.80. The van der Waals surface area contributed by atoms with Crippen LogP contribution in [0.3, 0.4) is 0 Å². The van der Waals surface area contributed by atoms with Crippen LogP contribution in [0.2, 0.25) is 5.02 Å². The van der Waals surface area contributed by atoms with E-state index in [2.05, 4.69) is 5.32 Å². The van der Waals surface area contributed by atoms with Crippen LogP contribution in [0.25, 0.3) is 17.4 Å². The second-order valence-electron chi connectivity index (χ2n) is 7.62. The fourth-order valence-corrected chi connectivity index (χ4v) is 3.89. The first-order valence-electron chi connectivity index (χ1n) is 9.91. The molecule has 0 unspecified atom stereocenters. The summed E-state index contributed by atoms with van der Waals surface area (Å²) in [6.07, 6.45) is -3.41. The number of furan rings is 1. The summed E-state index contributed by atoms with van der Waals surface area (Å²) >= 11 is 10.9. The van der Waals surface area contributed by atoms with Crippen molar-refractivity contribution in [1.82, 2.24) is 5.32 Å². The van der Waals surface area contributed by atoms with Crippen molar-refractivity contribution in [3.05, 3.63) is 81.6 Å². The summed E-state index contributed by atoms with van der Waals surface area (Å²) in [5, 5.41) is 1.99. The zero-order valence-corrected chi connectivity index (χ0v) is 19.4. The van der Waals surface area contributed by atoms with Gasteiger partial charge in [-0.2, -0.15) is 13.2 Å². The Hall–Kier alpha value is -3.43. The molecule has 174 valence electrons. The molecule has 5 nitrogen and oxygen atoms in total. The second-order valence-corrected chi connectivity index (χ2v) is 8.41. The number of aryl methyl sites for hydroxylation is 2. The van der Waals surface area contributed by atoms with Crippen LogP contribution in [0.15, 0.2) is 58.5 Å². The fourth-order valence-electron chi connectivity index (χ4n) is 3.38. The van der Waals surface area contributed by atoms with Crippen molar-refractivity contribution >= 4 is 52.5 Å². The number of benzene rings is 2. The van der Waals surface area contributed by atoms with E-state index in [0.29, 0.717) is 5.69 Å². The molecule has 34 heavy (non-hydrogen) atoms. The Kier molecular flexibility index (Phi) is 6.09. The van der Waals surface area contributed by atoms with Crippen molar-refractivity contribution in [2.75, 3.05) is 4.90 Å². The third-order valence-corrected chi connectivity index (χ3v) is 5.93. The Morgan fingerprint density at radius 1 is 1.03 bits per heavy atom. The lowest BCUT2D eigenvalue weighted by molar-refractivity contribution is -0.137. The lowest BCUT2D eigenvalue weighted by atomic mass is 10.1. The predicted octanol–water partition coefficient (Wildman–Crippen LogP) is 6.07. The fraction of sp³-hybridized carbons (Fsp3) is 0.125. The first-order chi connectivity index (χ1) is 16.0. The molecule has 2 amide bonds. The Morgan fingerprint density at radius 3 is 2.44 bits per heavy atom. The molecular weight excluding hydrogens is 489 g/mol. The summed E-state index contributed by atoms with van der Waals surface area (Å²) in [6, 6.07) is 11.6. The zero-order valence-electron chi connectivity index (χ0n) is 17.8. The number of hydrogen-bond acceptors (Lipinski definition) is 4. The van der Waals surface area contributed by atoms with Crippen molar-refractivity contribution in [2.24, 2.45) is 0 Å². The van der Waals surface area contributed by atoms with Gasteiger partial charge in [0.05, 0.1) is 16.3 Å². The number of carbonyl (C=O) groups excluding carboxylic acids is 2. The van der Waals surface area contributed by atoms with Gasteiger partial charge in [0.15, 0.2) is 5.11 Å². The summed E-state index contributed by atoms with van der Waals surface area (Å²) in [5.41, 5.74) is 1.36. The minimum Gasteiger partial charge on any atom is -0.457 e. The van der Waals surface area contributed by atoms with Crippen LogP contribution in [0.5, 0.6) is 0 Å². The Bertz CT molecular complexity index is 1380. The summed E-state index contributed by atoms with van der Waals surface area (Å²) < 4.78 is 45.1. The van der Waals surface area contributed by atoms with Crippen molar-refractivity contribution in [3.8, 4) is 11.3 Å². The number of nitrogens with zero attached hydrogens (tertiary/aromatic N) is 1. The quantitative estimate of drug-likeness (QED) is 0.267. The molecule has 0 aliphatic carbocycles. The summed E-state index contributed by atoms with van der Waals surface area (Å²) in [5.74, 6) is -1.15. The highest BCUT2D eigenvalue weighted by atomic mass is 35.5. The average molecular weight is 505 g/mol. The molecule has 0 atom stereocenters. The van der Waals surface area contributed by atoms with Crippen LogP contribution in [-0.2, 0) is 15.8 Å². The Balaban J connectivity index is 1.68. The molecule has 1 fully saturated rings. The van der Waals surface area contributed by atoms with Gasteiger partial charge in [-0.15, -0.1) is 0 Å². The van der Waals surface area contributed by atoms with Gasteiger partial charge >= 0.3 is 6.18 Å². The van der Waals surface area contributed by atoms with Gasteiger partial charge in [-0.25, -0.2) is 0 Å². The minimum absolute atomic E-state index is 0.0589. The number of thiocarbonyl (C=S) groups is 1. The molecule has 1 aromatic heterocycles. The molecule has 0 spiro atoms. The van der Waals surface area contributed by atoms with E-state index in [-0.39, 0.29) is 27.8 Å². The summed E-state index contributed by atoms with van der Waals surface area (Å²) in [7, 11) is 0. The van der Waals surface area contributed by atoms with Crippen LogP contribution in [0.4, 0.5) is 18.9 Å². The standard InChI is InChI=1S/C24H16ClF3N2O3S/c1-12-3-5-15(9-13(12)2)30-22(32)17(21(31)29-23(30)34)11-16-6-8-20(33-16)14-4-7-19(25)18(10-14)24(26,27)28/h3-11H,1-2H3,(H,29,31,34). The molecule has 0 radical (unpaired) electrons. The highest BCUT2D eigenvalue weighted by Gasteiger charge is 2.35. The number of alkyl halides is 3. The molecule has 2 heterocycles. The Morgan fingerprint density at radius 2 is 1.76 bits per heavy atom. The van der Waals surface area contributed by atoms with Gasteiger partial charge in [-0.1, -0.05) is 17.7 Å². The third kappa shape index (κ3) is 4.49. The van der Waals surface area contributed by atoms with Gasteiger partial charge in [-0.05, 0) is 85.7 Å². The highest BCUT2D eigenvalue weighted by Crippen LogP contribution is 2.37. The molecular formula is C24H16ClF3N2O3S. The monoisotopic (exact) mass is 504 g/mol. The first-order valence-corrected chi connectivity index (χ1v) is 10.7. The number of rotatable bonds is 3. The first kappa shape index (κ1) is 23.7. The molecule has 1 N–H and O–H groups in total. The van der Waals surface area contributed by atoms with Gasteiger partial charge in [-0.3, -0.25) is 19.8 Å². The van der Waals surface area contributed by atoms with E-state index < -0.39 is 28.6 Å². The van der Waals surface area contributed by atoms with Gasteiger partial charge in [0.1, 0.15) is 17.1 Å². The van der Waals surface area contributed by atoms with Gasteiger partial charge in [0, 0.05) is 5.56 Å². The van der Waals surface area contributed by atoms with E-state index in [4.69, 9.17) is 28.2 Å². The number of anilines is 1. The van der Waals surface area contributed by atoms with Crippen LogP contribution >= 0.6 is 23.8 Å². The molecule has 10 heteroatoms. The maximum absolute atomic E-state index is 13.2. The van der Waals surface area contributed by atoms with Crippen LogP contribution in [0.1, 0.15) is 22.5 Å². The number of amides is 2. The van der Waals surface area contributed by atoms with Crippen LogP contribution in [0, 0.1) is 13.8 Å².